The molecule has 188 valence electrons. The molecule has 1 atom stereocenters. The molecule has 6 nitrogen and oxygen atoms in total. The summed E-state index contributed by atoms with van der Waals surface area (Å²) in [4.78, 5) is 25.6. The van der Waals surface area contributed by atoms with Crippen molar-refractivity contribution in [3.63, 3.8) is 0 Å². The van der Waals surface area contributed by atoms with Gasteiger partial charge in [0.15, 0.2) is 0 Å². The van der Waals surface area contributed by atoms with Gasteiger partial charge in [-0.3, -0.25) is 9.59 Å². The highest BCUT2D eigenvalue weighted by Gasteiger charge is 2.24. The highest BCUT2D eigenvalue weighted by Crippen LogP contribution is 2.27. The number of nitrogens with zero attached hydrogens (tertiary/aromatic N) is 1. The molecule has 0 bridgehead atoms. The van der Waals surface area contributed by atoms with E-state index in [1.54, 1.807) is 30.5 Å². The molecule has 0 aliphatic heterocycles. The summed E-state index contributed by atoms with van der Waals surface area (Å²) in [7, 11) is 0. The number of benzene rings is 4. The first-order valence-corrected chi connectivity index (χ1v) is 12.4. The maximum Gasteiger partial charge on any atom is 0.262 e. The van der Waals surface area contributed by atoms with Gasteiger partial charge >= 0.3 is 0 Å². The Labute approximate surface area is 221 Å². The minimum Gasteiger partial charge on any atom is -0.488 e. The van der Waals surface area contributed by atoms with Crippen molar-refractivity contribution in [2.24, 2.45) is 11.0 Å². The molecule has 0 spiro atoms. The molecule has 0 aliphatic rings. The van der Waals surface area contributed by atoms with E-state index >= 15 is 0 Å². The number of fused-ring (bicyclic) bond motifs is 1. The zero-order chi connectivity index (χ0) is 26.2. The van der Waals surface area contributed by atoms with Gasteiger partial charge in [0.25, 0.3) is 11.8 Å². The quantitative estimate of drug-likeness (QED) is 0.213. The van der Waals surface area contributed by atoms with Crippen LogP contribution in [-0.2, 0) is 11.4 Å². The van der Waals surface area contributed by atoms with E-state index < -0.39 is 11.9 Å². The lowest BCUT2D eigenvalue weighted by Gasteiger charge is -2.20. The summed E-state index contributed by atoms with van der Waals surface area (Å²) >= 11 is 5.91. The minimum atomic E-state index is -0.776. The summed E-state index contributed by atoms with van der Waals surface area (Å²) < 4.78 is 6.11. The lowest BCUT2D eigenvalue weighted by Crippen LogP contribution is -2.48. The van der Waals surface area contributed by atoms with Crippen LogP contribution in [0.2, 0.25) is 5.02 Å². The molecule has 2 amide bonds. The number of carbonyl (C=O) groups is 2. The van der Waals surface area contributed by atoms with Gasteiger partial charge in [0.2, 0.25) is 0 Å². The third kappa shape index (κ3) is 6.74. The van der Waals surface area contributed by atoms with Crippen molar-refractivity contribution in [2.45, 2.75) is 26.5 Å². The molecule has 37 heavy (non-hydrogen) atoms. The van der Waals surface area contributed by atoms with Gasteiger partial charge in [-0.05, 0) is 52.6 Å². The Morgan fingerprint density at radius 2 is 1.62 bits per heavy atom. The summed E-state index contributed by atoms with van der Waals surface area (Å²) in [5.74, 6) is -0.286. The zero-order valence-corrected chi connectivity index (χ0v) is 21.4. The van der Waals surface area contributed by atoms with Crippen LogP contribution in [0.1, 0.15) is 35.3 Å². The van der Waals surface area contributed by atoms with Gasteiger partial charge in [0.05, 0.1) is 6.21 Å². The van der Waals surface area contributed by atoms with Gasteiger partial charge in [-0.2, -0.15) is 5.10 Å². The summed E-state index contributed by atoms with van der Waals surface area (Å²) in [6, 6.07) is 27.4. The maximum atomic E-state index is 13.0. The van der Waals surface area contributed by atoms with Gasteiger partial charge in [-0.1, -0.05) is 86.1 Å². The van der Waals surface area contributed by atoms with Crippen LogP contribution in [0.25, 0.3) is 10.8 Å². The second kappa shape index (κ2) is 12.2. The van der Waals surface area contributed by atoms with Crippen LogP contribution in [0.5, 0.6) is 5.75 Å². The predicted octanol–water partition coefficient (Wildman–Crippen LogP) is 5.98. The van der Waals surface area contributed by atoms with Gasteiger partial charge in [0.1, 0.15) is 18.4 Å². The SMILES string of the molecule is CC(C)C(NC(=O)c1ccc(Cl)cc1)C(=O)N/N=C/c1c(OCc2ccccc2)ccc2ccccc12. The van der Waals surface area contributed by atoms with E-state index in [0.29, 0.717) is 22.9 Å². The van der Waals surface area contributed by atoms with Crippen LogP contribution in [0.15, 0.2) is 96.1 Å². The first-order chi connectivity index (χ1) is 17.9. The Hall–Kier alpha value is -4.16. The second-order valence-electron chi connectivity index (χ2n) is 8.91. The number of amides is 2. The fourth-order valence-corrected chi connectivity index (χ4v) is 3.99. The molecule has 4 aromatic rings. The van der Waals surface area contributed by atoms with Crippen molar-refractivity contribution >= 4 is 40.4 Å². The largest absolute Gasteiger partial charge is 0.488 e. The number of halogens is 1. The highest BCUT2D eigenvalue weighted by atomic mass is 35.5. The highest BCUT2D eigenvalue weighted by molar-refractivity contribution is 6.30. The molecule has 0 saturated carbocycles. The fraction of sp³-hybridized carbons (Fsp3) is 0.167. The average Bonchev–Trinajstić information content (AvgIpc) is 2.91. The zero-order valence-electron chi connectivity index (χ0n) is 20.6. The van der Waals surface area contributed by atoms with Gasteiger partial charge in [-0.15, -0.1) is 0 Å². The van der Waals surface area contributed by atoms with E-state index in [2.05, 4.69) is 15.8 Å². The van der Waals surface area contributed by atoms with Gasteiger partial charge < -0.3 is 10.1 Å². The Morgan fingerprint density at radius 3 is 2.35 bits per heavy atom. The molecule has 0 aliphatic carbocycles. The molecule has 4 aromatic carbocycles. The minimum absolute atomic E-state index is 0.159. The van der Waals surface area contributed by atoms with Crippen molar-refractivity contribution in [1.29, 1.82) is 0 Å². The molecule has 2 N–H and O–H groups in total. The van der Waals surface area contributed by atoms with E-state index in [1.165, 1.54) is 0 Å². The second-order valence-corrected chi connectivity index (χ2v) is 9.35. The number of hydrazone groups is 1. The van der Waals surface area contributed by atoms with E-state index in [0.717, 1.165) is 21.9 Å². The molecule has 0 heterocycles. The molecule has 4 rings (SSSR count). The Balaban J connectivity index is 1.51. The predicted molar refractivity (Wildman–Crippen MR) is 148 cm³/mol. The van der Waals surface area contributed by atoms with Crippen molar-refractivity contribution in [2.75, 3.05) is 0 Å². The number of carbonyl (C=O) groups excluding carboxylic acids is 2. The van der Waals surface area contributed by atoms with E-state index in [1.807, 2.05) is 80.6 Å². The summed E-state index contributed by atoms with van der Waals surface area (Å²) in [6.45, 7) is 4.12. The van der Waals surface area contributed by atoms with Crippen molar-refractivity contribution in [3.05, 3.63) is 113 Å². The number of nitrogens with one attached hydrogen (secondary N) is 2. The lowest BCUT2D eigenvalue weighted by molar-refractivity contribution is -0.123. The van der Waals surface area contributed by atoms with Crippen LogP contribution in [0.3, 0.4) is 0 Å². The monoisotopic (exact) mass is 513 g/mol. The Morgan fingerprint density at radius 1 is 0.919 bits per heavy atom. The van der Waals surface area contributed by atoms with Crippen molar-refractivity contribution in [1.82, 2.24) is 10.7 Å². The summed E-state index contributed by atoms with van der Waals surface area (Å²) in [6.07, 6.45) is 1.58. The first-order valence-electron chi connectivity index (χ1n) is 12.0. The van der Waals surface area contributed by atoms with E-state index in [4.69, 9.17) is 16.3 Å². The molecule has 0 saturated heterocycles. The Kier molecular flexibility index (Phi) is 8.54. The van der Waals surface area contributed by atoms with E-state index in [9.17, 15) is 9.59 Å². The average molecular weight is 514 g/mol. The number of hydrogen-bond donors (Lipinski definition) is 2. The van der Waals surface area contributed by atoms with Crippen molar-refractivity contribution < 1.29 is 14.3 Å². The normalized spacial score (nSPS) is 12.0. The van der Waals surface area contributed by atoms with Crippen LogP contribution in [0, 0.1) is 5.92 Å². The van der Waals surface area contributed by atoms with Crippen molar-refractivity contribution in [3.8, 4) is 5.75 Å². The molecular formula is C30H28ClN3O3. The third-order valence-electron chi connectivity index (χ3n) is 5.88. The first kappa shape index (κ1) is 25.9. The van der Waals surface area contributed by atoms with Crippen LogP contribution < -0.4 is 15.5 Å². The fourth-order valence-electron chi connectivity index (χ4n) is 3.86. The molecule has 0 aromatic heterocycles. The maximum absolute atomic E-state index is 13.0. The lowest BCUT2D eigenvalue weighted by atomic mass is 10.0. The summed E-state index contributed by atoms with van der Waals surface area (Å²) in [5.41, 5.74) is 4.80. The van der Waals surface area contributed by atoms with E-state index in [-0.39, 0.29) is 11.8 Å². The number of rotatable bonds is 9. The number of hydrogen-bond acceptors (Lipinski definition) is 4. The molecule has 0 radical (unpaired) electrons. The molecule has 0 fully saturated rings. The summed E-state index contributed by atoms with van der Waals surface area (Å²) in [5, 5.41) is 9.52. The standard InChI is InChI=1S/C30H28ClN3O3/c1-20(2)28(33-29(35)23-12-15-24(31)16-13-23)30(36)34-32-18-26-25-11-7-6-10-22(25)14-17-27(26)37-19-21-8-4-3-5-9-21/h3-18,20,28H,19H2,1-2H3,(H,33,35)(H,34,36)/b32-18+. The van der Waals surface area contributed by atoms with Gasteiger partial charge in [0, 0.05) is 16.1 Å². The Bertz CT molecular complexity index is 1400. The smallest absolute Gasteiger partial charge is 0.262 e. The molecule has 7 heteroatoms. The van der Waals surface area contributed by atoms with Crippen LogP contribution in [-0.4, -0.2) is 24.1 Å². The molecule has 1 unspecified atom stereocenters. The number of ether oxygens (including phenoxy) is 1. The third-order valence-corrected chi connectivity index (χ3v) is 6.13. The van der Waals surface area contributed by atoms with Gasteiger partial charge in [-0.25, -0.2) is 5.43 Å². The van der Waals surface area contributed by atoms with Crippen LogP contribution in [0.4, 0.5) is 0 Å². The van der Waals surface area contributed by atoms with Crippen LogP contribution >= 0.6 is 11.6 Å². The topological polar surface area (TPSA) is 79.8 Å². The molecular weight excluding hydrogens is 486 g/mol.